The normalized spacial score (nSPS) is 17.0. The average molecular weight is 415 g/mol. The summed E-state index contributed by atoms with van der Waals surface area (Å²) in [6.07, 6.45) is 9.15. The van der Waals surface area contributed by atoms with Crippen LogP contribution in [0.4, 0.5) is 5.82 Å². The maximum Gasteiger partial charge on any atom is 0.189 e. The van der Waals surface area contributed by atoms with Crippen LogP contribution >= 0.6 is 23.1 Å². The number of rotatable bonds is 5. The van der Waals surface area contributed by atoms with Crippen LogP contribution in [0.2, 0.25) is 0 Å². The Bertz CT molecular complexity index is 1030. The van der Waals surface area contributed by atoms with E-state index >= 15 is 0 Å². The number of aromatic nitrogens is 3. The van der Waals surface area contributed by atoms with E-state index in [1.165, 1.54) is 52.6 Å². The molecule has 2 aliphatic rings. The molecule has 0 N–H and O–H groups in total. The molecule has 5 nitrogen and oxygen atoms in total. The number of anilines is 1. The van der Waals surface area contributed by atoms with Gasteiger partial charge in [0.1, 0.15) is 4.83 Å². The number of hydrogen-bond acceptors (Lipinski definition) is 7. The van der Waals surface area contributed by atoms with Gasteiger partial charge in [-0.25, -0.2) is 15.0 Å². The summed E-state index contributed by atoms with van der Waals surface area (Å²) in [5.41, 5.74) is 5.48. The number of morpholine rings is 1. The summed E-state index contributed by atoms with van der Waals surface area (Å²) < 4.78 is 6.76. The molecule has 1 aliphatic carbocycles. The third kappa shape index (κ3) is 3.08. The first-order valence-electron chi connectivity index (χ1n) is 10.3. The van der Waals surface area contributed by atoms with Crippen LogP contribution in [0.15, 0.2) is 5.16 Å². The Morgan fingerprint density at radius 3 is 2.71 bits per heavy atom. The highest BCUT2D eigenvalue weighted by molar-refractivity contribution is 7.98. The number of hydrogen-bond donors (Lipinski definition) is 0. The summed E-state index contributed by atoms with van der Waals surface area (Å²) in [7, 11) is 0. The third-order valence-corrected chi connectivity index (χ3v) is 7.46. The van der Waals surface area contributed by atoms with Crippen molar-refractivity contribution in [3.05, 3.63) is 16.8 Å². The first-order chi connectivity index (χ1) is 13.8. The molecule has 0 unspecified atom stereocenters. The topological polar surface area (TPSA) is 51.1 Å². The second kappa shape index (κ2) is 7.76. The fraction of sp³-hybridized carbons (Fsp3) is 0.571. The van der Waals surface area contributed by atoms with E-state index in [0.717, 1.165) is 60.5 Å². The maximum atomic E-state index is 5.56. The summed E-state index contributed by atoms with van der Waals surface area (Å²) in [4.78, 5) is 18.6. The van der Waals surface area contributed by atoms with Gasteiger partial charge in [-0.2, -0.15) is 0 Å². The Labute approximate surface area is 173 Å². The van der Waals surface area contributed by atoms with Gasteiger partial charge < -0.3 is 9.64 Å². The van der Waals surface area contributed by atoms with Crippen molar-refractivity contribution in [2.75, 3.05) is 37.5 Å². The molecule has 0 aromatic carbocycles. The van der Waals surface area contributed by atoms with E-state index in [1.54, 1.807) is 23.1 Å². The lowest BCUT2D eigenvalue weighted by Gasteiger charge is -2.28. The number of pyridine rings is 1. The van der Waals surface area contributed by atoms with Crippen molar-refractivity contribution in [2.45, 2.75) is 50.6 Å². The first-order valence-corrected chi connectivity index (χ1v) is 12.4. The van der Waals surface area contributed by atoms with Crippen molar-refractivity contribution in [3.8, 4) is 0 Å². The number of nitrogens with zero attached hydrogens (tertiary/aromatic N) is 4. The van der Waals surface area contributed by atoms with Crippen molar-refractivity contribution in [1.82, 2.24) is 15.0 Å². The zero-order chi connectivity index (χ0) is 19.1. The molecule has 148 valence electrons. The van der Waals surface area contributed by atoms with Gasteiger partial charge >= 0.3 is 0 Å². The van der Waals surface area contributed by atoms with Gasteiger partial charge in [-0.1, -0.05) is 25.1 Å². The Hall–Kier alpha value is -1.44. The number of ether oxygens (including phenoxy) is 1. The van der Waals surface area contributed by atoms with E-state index in [9.17, 15) is 0 Å². The van der Waals surface area contributed by atoms with Crippen molar-refractivity contribution >= 4 is 49.3 Å². The largest absolute Gasteiger partial charge is 0.378 e. The third-order valence-electron chi connectivity index (χ3n) is 5.84. The molecule has 3 aromatic rings. The number of fused-ring (bicyclic) bond motifs is 5. The molecule has 1 saturated heterocycles. The molecule has 1 aliphatic heterocycles. The minimum absolute atomic E-state index is 0.764. The molecule has 0 bridgehead atoms. The summed E-state index contributed by atoms with van der Waals surface area (Å²) in [5, 5.41) is 2.16. The number of thiophene rings is 1. The maximum absolute atomic E-state index is 5.56. The van der Waals surface area contributed by atoms with Gasteiger partial charge in [-0.3, -0.25) is 0 Å². The van der Waals surface area contributed by atoms with Gasteiger partial charge in [0.15, 0.2) is 11.0 Å². The standard InChI is InChI=1S/C21H26N4OS2/c1-3-4-8-15-13-6-5-7-14(13)16-17-18(28-20(16)22-15)19(24-21(23-17)27-2)25-9-11-26-12-10-25/h3-12H2,1-2H3. The van der Waals surface area contributed by atoms with Crippen LogP contribution in [0.1, 0.15) is 43.0 Å². The molecule has 0 amide bonds. The van der Waals surface area contributed by atoms with Gasteiger partial charge in [0.25, 0.3) is 0 Å². The van der Waals surface area contributed by atoms with Crippen LogP contribution in [-0.4, -0.2) is 47.5 Å². The molecular formula is C21H26N4OS2. The quantitative estimate of drug-likeness (QED) is 0.448. The summed E-state index contributed by atoms with van der Waals surface area (Å²) >= 11 is 3.41. The summed E-state index contributed by atoms with van der Waals surface area (Å²) in [6, 6.07) is 0. The minimum atomic E-state index is 0.764. The van der Waals surface area contributed by atoms with Crippen molar-refractivity contribution < 1.29 is 4.74 Å². The SMILES string of the molecule is CCCCc1nc2sc3c(N4CCOCC4)nc(SC)nc3c2c2c1CCC2. The smallest absolute Gasteiger partial charge is 0.189 e. The molecule has 4 heterocycles. The van der Waals surface area contributed by atoms with E-state index in [-0.39, 0.29) is 0 Å². The molecule has 5 rings (SSSR count). The van der Waals surface area contributed by atoms with E-state index in [4.69, 9.17) is 19.7 Å². The molecule has 0 spiro atoms. The Kier molecular flexibility index (Phi) is 5.15. The second-order valence-electron chi connectivity index (χ2n) is 7.57. The Morgan fingerprint density at radius 2 is 1.93 bits per heavy atom. The monoisotopic (exact) mass is 414 g/mol. The molecule has 0 radical (unpaired) electrons. The van der Waals surface area contributed by atoms with E-state index in [0.29, 0.717) is 0 Å². The van der Waals surface area contributed by atoms with Gasteiger partial charge in [0, 0.05) is 24.2 Å². The van der Waals surface area contributed by atoms with E-state index in [2.05, 4.69) is 18.1 Å². The van der Waals surface area contributed by atoms with Crippen molar-refractivity contribution in [1.29, 1.82) is 0 Å². The lowest BCUT2D eigenvalue weighted by Crippen LogP contribution is -2.36. The average Bonchev–Trinajstić information content (AvgIpc) is 3.36. The number of unbranched alkanes of at least 4 members (excludes halogenated alkanes) is 1. The predicted octanol–water partition coefficient (Wildman–Crippen LogP) is 4.63. The highest BCUT2D eigenvalue weighted by Crippen LogP contribution is 2.43. The van der Waals surface area contributed by atoms with Crippen molar-refractivity contribution in [3.63, 3.8) is 0 Å². The number of thioether (sulfide) groups is 1. The van der Waals surface area contributed by atoms with Crippen LogP contribution in [-0.2, 0) is 24.0 Å². The zero-order valence-electron chi connectivity index (χ0n) is 16.6. The first kappa shape index (κ1) is 18.6. The predicted molar refractivity (Wildman–Crippen MR) is 118 cm³/mol. The highest BCUT2D eigenvalue weighted by Gasteiger charge is 2.26. The molecule has 0 saturated carbocycles. The molecule has 28 heavy (non-hydrogen) atoms. The van der Waals surface area contributed by atoms with Gasteiger partial charge in [-0.05, 0) is 49.5 Å². The van der Waals surface area contributed by atoms with E-state index in [1.807, 2.05) is 0 Å². The zero-order valence-corrected chi connectivity index (χ0v) is 18.2. The van der Waals surface area contributed by atoms with E-state index < -0.39 is 0 Å². The van der Waals surface area contributed by atoms with Gasteiger partial charge in [0.05, 0.1) is 23.4 Å². The Balaban J connectivity index is 1.75. The summed E-state index contributed by atoms with van der Waals surface area (Å²) in [6.45, 7) is 5.56. The second-order valence-corrected chi connectivity index (χ2v) is 9.34. The molecule has 0 atom stereocenters. The lowest BCUT2D eigenvalue weighted by atomic mass is 10.0. The van der Waals surface area contributed by atoms with Crippen molar-refractivity contribution in [2.24, 2.45) is 0 Å². The minimum Gasteiger partial charge on any atom is -0.378 e. The molecule has 1 fully saturated rings. The van der Waals surface area contributed by atoms with Crippen LogP contribution in [0.3, 0.4) is 0 Å². The fourth-order valence-electron chi connectivity index (χ4n) is 4.44. The van der Waals surface area contributed by atoms with Crippen LogP contribution < -0.4 is 4.90 Å². The summed E-state index contributed by atoms with van der Waals surface area (Å²) in [5.74, 6) is 1.07. The van der Waals surface area contributed by atoms with Crippen LogP contribution in [0.5, 0.6) is 0 Å². The van der Waals surface area contributed by atoms with Gasteiger partial charge in [0.2, 0.25) is 0 Å². The highest BCUT2D eigenvalue weighted by atomic mass is 32.2. The molecular weight excluding hydrogens is 388 g/mol. The lowest BCUT2D eigenvalue weighted by molar-refractivity contribution is 0.122. The van der Waals surface area contributed by atoms with Gasteiger partial charge in [-0.15, -0.1) is 11.3 Å². The Morgan fingerprint density at radius 1 is 1.11 bits per heavy atom. The van der Waals surface area contributed by atoms with Crippen LogP contribution in [0.25, 0.3) is 20.4 Å². The number of aryl methyl sites for hydroxylation is 2. The fourth-order valence-corrected chi connectivity index (χ4v) is 5.98. The van der Waals surface area contributed by atoms with Crippen LogP contribution in [0, 0.1) is 0 Å². The molecule has 3 aromatic heterocycles. The molecule has 7 heteroatoms.